The van der Waals surface area contributed by atoms with Gasteiger partial charge in [-0.25, -0.2) is 4.98 Å². The molecule has 0 radical (unpaired) electrons. The van der Waals surface area contributed by atoms with Crippen molar-refractivity contribution in [3.05, 3.63) is 53.7 Å². The second-order valence-electron chi connectivity index (χ2n) is 6.75. The highest BCUT2D eigenvalue weighted by molar-refractivity contribution is 5.94. The van der Waals surface area contributed by atoms with Gasteiger partial charge in [-0.2, -0.15) is 0 Å². The number of hydrogen-bond donors (Lipinski definition) is 1. The SMILES string of the molecule is Cc1ccc(-c2nc3cc(C)ccn3c2NC(=O)CC(C)C)cc1. The Morgan fingerprint density at radius 2 is 1.83 bits per heavy atom. The Morgan fingerprint density at radius 1 is 1.12 bits per heavy atom. The molecule has 0 aliphatic carbocycles. The van der Waals surface area contributed by atoms with Crippen molar-refractivity contribution in [1.29, 1.82) is 0 Å². The predicted molar refractivity (Wildman–Crippen MR) is 98.2 cm³/mol. The Balaban J connectivity index is 2.11. The van der Waals surface area contributed by atoms with E-state index in [1.165, 1.54) is 5.56 Å². The summed E-state index contributed by atoms with van der Waals surface area (Å²) >= 11 is 0. The second kappa shape index (κ2) is 6.48. The fourth-order valence-electron chi connectivity index (χ4n) is 2.73. The van der Waals surface area contributed by atoms with Crippen molar-refractivity contribution < 1.29 is 4.79 Å². The number of carbonyl (C=O) groups is 1. The zero-order valence-electron chi connectivity index (χ0n) is 14.6. The van der Waals surface area contributed by atoms with Gasteiger partial charge in [-0.3, -0.25) is 9.20 Å². The Hall–Kier alpha value is -2.62. The number of nitrogens with zero attached hydrogens (tertiary/aromatic N) is 2. The minimum absolute atomic E-state index is 0.0146. The zero-order valence-corrected chi connectivity index (χ0v) is 14.6. The molecule has 1 aromatic carbocycles. The van der Waals surface area contributed by atoms with E-state index in [-0.39, 0.29) is 5.91 Å². The number of carbonyl (C=O) groups excluding carboxylic acids is 1. The van der Waals surface area contributed by atoms with Crippen LogP contribution in [0.15, 0.2) is 42.6 Å². The molecule has 124 valence electrons. The van der Waals surface area contributed by atoms with E-state index >= 15 is 0 Å². The minimum Gasteiger partial charge on any atom is -0.310 e. The van der Waals surface area contributed by atoms with Crippen LogP contribution < -0.4 is 5.32 Å². The first-order valence-corrected chi connectivity index (χ1v) is 8.29. The first-order chi connectivity index (χ1) is 11.4. The molecule has 1 amide bonds. The number of hydrogen-bond acceptors (Lipinski definition) is 2. The highest BCUT2D eigenvalue weighted by atomic mass is 16.1. The number of fused-ring (bicyclic) bond motifs is 1. The largest absolute Gasteiger partial charge is 0.310 e. The van der Waals surface area contributed by atoms with Crippen molar-refractivity contribution in [3.63, 3.8) is 0 Å². The standard InChI is InChI=1S/C20H23N3O/c1-13(2)11-18(24)22-20-19(16-7-5-14(3)6-8-16)21-17-12-15(4)9-10-23(17)20/h5-10,12-13H,11H2,1-4H3,(H,22,24). The molecule has 0 fully saturated rings. The number of aryl methyl sites for hydroxylation is 2. The van der Waals surface area contributed by atoms with E-state index < -0.39 is 0 Å². The van der Waals surface area contributed by atoms with Gasteiger partial charge < -0.3 is 5.32 Å². The molecule has 0 saturated carbocycles. The van der Waals surface area contributed by atoms with Crippen molar-refractivity contribution in [3.8, 4) is 11.3 Å². The molecule has 4 nitrogen and oxygen atoms in total. The van der Waals surface area contributed by atoms with Gasteiger partial charge in [-0.1, -0.05) is 43.7 Å². The summed E-state index contributed by atoms with van der Waals surface area (Å²) in [6.45, 7) is 8.18. The van der Waals surface area contributed by atoms with Gasteiger partial charge in [0, 0.05) is 18.2 Å². The summed E-state index contributed by atoms with van der Waals surface area (Å²) in [6.07, 6.45) is 2.45. The van der Waals surface area contributed by atoms with Crippen LogP contribution in [0.2, 0.25) is 0 Å². The molecule has 0 aliphatic rings. The number of rotatable bonds is 4. The zero-order chi connectivity index (χ0) is 17.3. The smallest absolute Gasteiger partial charge is 0.225 e. The molecule has 3 aromatic rings. The Morgan fingerprint density at radius 3 is 2.50 bits per heavy atom. The van der Waals surface area contributed by atoms with Gasteiger partial charge in [0.2, 0.25) is 5.91 Å². The Labute approximate surface area is 142 Å². The first kappa shape index (κ1) is 16.2. The van der Waals surface area contributed by atoms with Crippen LogP contribution in [0, 0.1) is 19.8 Å². The third-order valence-corrected chi connectivity index (χ3v) is 3.96. The lowest BCUT2D eigenvalue weighted by Crippen LogP contribution is -2.15. The predicted octanol–water partition coefficient (Wildman–Crippen LogP) is 4.60. The third kappa shape index (κ3) is 3.32. The maximum absolute atomic E-state index is 12.3. The summed E-state index contributed by atoms with van der Waals surface area (Å²) in [6, 6.07) is 12.3. The van der Waals surface area contributed by atoms with Crippen molar-refractivity contribution in [2.75, 3.05) is 5.32 Å². The van der Waals surface area contributed by atoms with Crippen molar-refractivity contribution in [2.45, 2.75) is 34.1 Å². The molecule has 2 heterocycles. The maximum atomic E-state index is 12.3. The van der Waals surface area contributed by atoms with Crippen LogP contribution in [0.25, 0.3) is 16.9 Å². The number of pyridine rings is 1. The van der Waals surface area contributed by atoms with Crippen molar-refractivity contribution >= 4 is 17.4 Å². The number of benzene rings is 1. The van der Waals surface area contributed by atoms with Gasteiger partial charge in [-0.05, 0) is 37.5 Å². The lowest BCUT2D eigenvalue weighted by molar-refractivity contribution is -0.116. The van der Waals surface area contributed by atoms with Crippen LogP contribution in [0.5, 0.6) is 0 Å². The van der Waals surface area contributed by atoms with E-state index in [0.717, 1.165) is 28.3 Å². The number of anilines is 1. The van der Waals surface area contributed by atoms with Crippen molar-refractivity contribution in [2.24, 2.45) is 5.92 Å². The average molecular weight is 321 g/mol. The highest BCUT2D eigenvalue weighted by Gasteiger charge is 2.17. The van der Waals surface area contributed by atoms with Gasteiger partial charge in [0.05, 0.1) is 0 Å². The minimum atomic E-state index is 0.0146. The molecule has 2 aromatic heterocycles. The van der Waals surface area contributed by atoms with Crippen LogP contribution >= 0.6 is 0 Å². The van der Waals surface area contributed by atoms with Gasteiger partial charge in [0.25, 0.3) is 0 Å². The number of amides is 1. The molecule has 0 bridgehead atoms. The quantitative estimate of drug-likeness (QED) is 0.763. The molecule has 24 heavy (non-hydrogen) atoms. The monoisotopic (exact) mass is 321 g/mol. The summed E-state index contributed by atoms with van der Waals surface area (Å²) in [7, 11) is 0. The van der Waals surface area contributed by atoms with Gasteiger partial charge in [0.15, 0.2) is 0 Å². The van der Waals surface area contributed by atoms with Crippen LogP contribution in [0.1, 0.15) is 31.4 Å². The Kier molecular flexibility index (Phi) is 4.38. The number of aromatic nitrogens is 2. The van der Waals surface area contributed by atoms with E-state index in [1.54, 1.807) is 0 Å². The van der Waals surface area contributed by atoms with E-state index in [1.807, 2.05) is 55.6 Å². The maximum Gasteiger partial charge on any atom is 0.225 e. The number of nitrogens with one attached hydrogen (secondary N) is 1. The molecular formula is C20H23N3O. The van der Waals surface area contributed by atoms with E-state index in [0.29, 0.717) is 12.3 Å². The van der Waals surface area contributed by atoms with Gasteiger partial charge in [0.1, 0.15) is 17.2 Å². The van der Waals surface area contributed by atoms with Gasteiger partial charge >= 0.3 is 0 Å². The topological polar surface area (TPSA) is 46.4 Å². The first-order valence-electron chi connectivity index (χ1n) is 8.29. The van der Waals surface area contributed by atoms with E-state index in [9.17, 15) is 4.79 Å². The summed E-state index contributed by atoms with van der Waals surface area (Å²) in [5, 5.41) is 3.06. The summed E-state index contributed by atoms with van der Waals surface area (Å²) in [5.74, 6) is 1.06. The van der Waals surface area contributed by atoms with Gasteiger partial charge in [-0.15, -0.1) is 0 Å². The molecule has 0 spiro atoms. The van der Waals surface area contributed by atoms with Crippen LogP contribution in [-0.2, 0) is 4.79 Å². The molecule has 0 atom stereocenters. The Bertz CT molecular complexity index is 876. The molecule has 1 N–H and O–H groups in total. The molecule has 0 saturated heterocycles. The summed E-state index contributed by atoms with van der Waals surface area (Å²) in [5.41, 5.74) is 4.98. The van der Waals surface area contributed by atoms with E-state index in [4.69, 9.17) is 4.98 Å². The fraction of sp³-hybridized carbons (Fsp3) is 0.300. The number of imidazole rings is 1. The normalized spacial score (nSPS) is 11.2. The second-order valence-corrected chi connectivity index (χ2v) is 6.75. The molecule has 0 aliphatic heterocycles. The molecule has 0 unspecified atom stereocenters. The van der Waals surface area contributed by atoms with Crippen LogP contribution in [-0.4, -0.2) is 15.3 Å². The van der Waals surface area contributed by atoms with Crippen molar-refractivity contribution in [1.82, 2.24) is 9.38 Å². The molecular weight excluding hydrogens is 298 g/mol. The molecule has 3 rings (SSSR count). The lowest BCUT2D eigenvalue weighted by atomic mass is 10.1. The molecule has 4 heteroatoms. The lowest BCUT2D eigenvalue weighted by Gasteiger charge is -2.09. The summed E-state index contributed by atoms with van der Waals surface area (Å²) < 4.78 is 1.94. The average Bonchev–Trinajstić information content (AvgIpc) is 2.85. The third-order valence-electron chi connectivity index (χ3n) is 3.96. The van der Waals surface area contributed by atoms with Crippen LogP contribution in [0.3, 0.4) is 0 Å². The van der Waals surface area contributed by atoms with E-state index in [2.05, 4.69) is 24.4 Å². The summed E-state index contributed by atoms with van der Waals surface area (Å²) in [4.78, 5) is 17.1. The van der Waals surface area contributed by atoms with Crippen LogP contribution in [0.4, 0.5) is 5.82 Å². The highest BCUT2D eigenvalue weighted by Crippen LogP contribution is 2.29. The fourth-order valence-corrected chi connectivity index (χ4v) is 2.73.